The van der Waals surface area contributed by atoms with Crippen molar-refractivity contribution in [2.45, 2.75) is 25.9 Å². The molecule has 0 saturated carbocycles. The normalized spacial score (nSPS) is 13.4. The van der Waals surface area contributed by atoms with Gasteiger partial charge in [-0.25, -0.2) is 0 Å². The number of carbonyl (C=O) groups is 1. The van der Waals surface area contributed by atoms with E-state index < -0.39 is 18.0 Å². The highest BCUT2D eigenvalue weighted by Crippen LogP contribution is 2.16. The van der Waals surface area contributed by atoms with Gasteiger partial charge in [0.25, 0.3) is 0 Å². The number of aliphatic hydroxyl groups is 1. The number of benzene rings is 2. The van der Waals surface area contributed by atoms with Gasteiger partial charge in [-0.2, -0.15) is 0 Å². The first-order valence-corrected chi connectivity index (χ1v) is 7.15. The summed E-state index contributed by atoms with van der Waals surface area (Å²) in [5, 5.41) is 10.1. The summed E-state index contributed by atoms with van der Waals surface area (Å²) < 4.78 is 5.25. The van der Waals surface area contributed by atoms with Gasteiger partial charge in [-0.15, -0.1) is 0 Å². The standard InChI is InChI=1S/C18H20O3/c1-14(18(20)21-16-10-6-3-7-11-16)17(19)13-12-15-8-4-2-5-9-15/h2-11,14,17,19H,12-13H2,1H3/t14-,17-/m0/s1. The minimum atomic E-state index is -0.707. The number of esters is 1. The van der Waals surface area contributed by atoms with Gasteiger partial charge >= 0.3 is 5.97 Å². The zero-order chi connectivity index (χ0) is 15.1. The summed E-state index contributed by atoms with van der Waals surface area (Å²) in [7, 11) is 0. The number of aryl methyl sites for hydroxylation is 1. The van der Waals surface area contributed by atoms with E-state index in [0.29, 0.717) is 12.2 Å². The molecule has 0 aliphatic rings. The van der Waals surface area contributed by atoms with Crippen LogP contribution in [0.4, 0.5) is 0 Å². The van der Waals surface area contributed by atoms with Gasteiger partial charge in [0, 0.05) is 0 Å². The van der Waals surface area contributed by atoms with E-state index in [1.807, 2.05) is 36.4 Å². The van der Waals surface area contributed by atoms with Crippen molar-refractivity contribution in [3.63, 3.8) is 0 Å². The van der Waals surface area contributed by atoms with Crippen LogP contribution in [-0.2, 0) is 11.2 Å². The lowest BCUT2D eigenvalue weighted by atomic mass is 9.98. The molecule has 2 atom stereocenters. The number of carbonyl (C=O) groups excluding carboxylic acids is 1. The van der Waals surface area contributed by atoms with Crippen LogP contribution in [0.15, 0.2) is 60.7 Å². The molecular weight excluding hydrogens is 264 g/mol. The van der Waals surface area contributed by atoms with Gasteiger partial charge in [0.05, 0.1) is 12.0 Å². The Bertz CT molecular complexity index is 551. The Balaban J connectivity index is 1.84. The molecule has 0 amide bonds. The van der Waals surface area contributed by atoms with Crippen molar-refractivity contribution in [2.24, 2.45) is 5.92 Å². The second-order valence-corrected chi connectivity index (χ2v) is 5.11. The predicted octanol–water partition coefficient (Wildman–Crippen LogP) is 3.22. The highest BCUT2D eigenvalue weighted by molar-refractivity contribution is 5.75. The number of para-hydroxylation sites is 1. The van der Waals surface area contributed by atoms with Crippen LogP contribution in [-0.4, -0.2) is 17.2 Å². The quantitative estimate of drug-likeness (QED) is 0.654. The summed E-state index contributed by atoms with van der Waals surface area (Å²) >= 11 is 0. The molecule has 2 rings (SSSR count). The molecule has 0 saturated heterocycles. The Morgan fingerprint density at radius 1 is 1.05 bits per heavy atom. The molecule has 0 fully saturated rings. The molecule has 110 valence electrons. The lowest BCUT2D eigenvalue weighted by Gasteiger charge is -2.17. The van der Waals surface area contributed by atoms with E-state index in [-0.39, 0.29) is 0 Å². The van der Waals surface area contributed by atoms with Crippen molar-refractivity contribution < 1.29 is 14.6 Å². The first-order valence-electron chi connectivity index (χ1n) is 7.15. The molecule has 0 spiro atoms. The predicted molar refractivity (Wildman–Crippen MR) is 82.0 cm³/mol. The minimum absolute atomic E-state index is 0.401. The van der Waals surface area contributed by atoms with Crippen molar-refractivity contribution in [3.8, 4) is 5.75 Å². The first kappa shape index (κ1) is 15.3. The van der Waals surface area contributed by atoms with Gasteiger partial charge in [-0.05, 0) is 37.5 Å². The molecule has 0 aromatic heterocycles. The van der Waals surface area contributed by atoms with Crippen LogP contribution >= 0.6 is 0 Å². The summed E-state index contributed by atoms with van der Waals surface area (Å²) in [5.41, 5.74) is 1.15. The summed E-state index contributed by atoms with van der Waals surface area (Å²) in [6.07, 6.45) is 0.571. The van der Waals surface area contributed by atoms with E-state index in [9.17, 15) is 9.90 Å². The van der Waals surface area contributed by atoms with Crippen molar-refractivity contribution in [1.82, 2.24) is 0 Å². The number of ether oxygens (including phenoxy) is 1. The van der Waals surface area contributed by atoms with Crippen molar-refractivity contribution in [1.29, 1.82) is 0 Å². The van der Waals surface area contributed by atoms with E-state index in [0.717, 1.165) is 12.0 Å². The van der Waals surface area contributed by atoms with Gasteiger partial charge in [-0.1, -0.05) is 48.5 Å². The van der Waals surface area contributed by atoms with Gasteiger partial charge in [0.1, 0.15) is 5.75 Å². The highest BCUT2D eigenvalue weighted by Gasteiger charge is 2.23. The van der Waals surface area contributed by atoms with Crippen molar-refractivity contribution in [3.05, 3.63) is 66.2 Å². The molecule has 0 aliphatic heterocycles. The first-order chi connectivity index (χ1) is 10.2. The minimum Gasteiger partial charge on any atom is -0.426 e. The molecule has 21 heavy (non-hydrogen) atoms. The van der Waals surface area contributed by atoms with Crippen LogP contribution in [0.25, 0.3) is 0 Å². The third-order valence-electron chi connectivity index (χ3n) is 3.48. The Morgan fingerprint density at radius 3 is 2.24 bits per heavy atom. The number of aliphatic hydroxyl groups excluding tert-OH is 1. The van der Waals surface area contributed by atoms with Crippen LogP contribution in [0.5, 0.6) is 5.75 Å². The topological polar surface area (TPSA) is 46.5 Å². The van der Waals surface area contributed by atoms with Crippen LogP contribution in [0, 0.1) is 5.92 Å². The second-order valence-electron chi connectivity index (χ2n) is 5.11. The molecule has 0 heterocycles. The van der Waals surface area contributed by atoms with Gasteiger partial charge < -0.3 is 9.84 Å². The zero-order valence-electron chi connectivity index (χ0n) is 12.1. The number of rotatable bonds is 6. The van der Waals surface area contributed by atoms with Gasteiger partial charge in [-0.3, -0.25) is 4.79 Å². The van der Waals surface area contributed by atoms with E-state index >= 15 is 0 Å². The lowest BCUT2D eigenvalue weighted by molar-refractivity contribution is -0.142. The van der Waals surface area contributed by atoms with E-state index in [4.69, 9.17) is 4.74 Å². The van der Waals surface area contributed by atoms with E-state index in [1.54, 1.807) is 31.2 Å². The van der Waals surface area contributed by atoms with Crippen LogP contribution in [0.1, 0.15) is 18.9 Å². The molecule has 0 bridgehead atoms. The molecule has 0 unspecified atom stereocenters. The maximum absolute atomic E-state index is 12.0. The maximum Gasteiger partial charge on any atom is 0.316 e. The zero-order valence-corrected chi connectivity index (χ0v) is 12.1. The molecule has 1 N–H and O–H groups in total. The summed E-state index contributed by atoms with van der Waals surface area (Å²) in [6.45, 7) is 1.70. The van der Waals surface area contributed by atoms with Crippen LogP contribution in [0.2, 0.25) is 0 Å². The molecule has 2 aromatic carbocycles. The van der Waals surface area contributed by atoms with E-state index in [2.05, 4.69) is 0 Å². The SMILES string of the molecule is C[C@H](C(=O)Oc1ccccc1)[C@@H](O)CCc1ccccc1. The highest BCUT2D eigenvalue weighted by atomic mass is 16.5. The fourth-order valence-corrected chi connectivity index (χ4v) is 2.06. The largest absolute Gasteiger partial charge is 0.426 e. The summed E-state index contributed by atoms with van der Waals surface area (Å²) in [6, 6.07) is 18.8. The number of hydrogen-bond donors (Lipinski definition) is 1. The Kier molecular flexibility index (Phi) is 5.52. The summed E-state index contributed by atoms with van der Waals surface area (Å²) in [5.74, 6) is -0.444. The second kappa shape index (κ2) is 7.60. The van der Waals surface area contributed by atoms with Crippen LogP contribution < -0.4 is 4.74 Å². The van der Waals surface area contributed by atoms with Gasteiger partial charge in [0.2, 0.25) is 0 Å². The molecule has 2 aromatic rings. The smallest absolute Gasteiger partial charge is 0.316 e. The maximum atomic E-state index is 12.0. The van der Waals surface area contributed by atoms with Crippen LogP contribution in [0.3, 0.4) is 0 Å². The third-order valence-corrected chi connectivity index (χ3v) is 3.48. The lowest BCUT2D eigenvalue weighted by Crippen LogP contribution is -2.29. The Hall–Kier alpha value is -2.13. The third kappa shape index (κ3) is 4.72. The molecule has 3 heteroatoms. The summed E-state index contributed by atoms with van der Waals surface area (Å²) in [4.78, 5) is 12.0. The monoisotopic (exact) mass is 284 g/mol. The molecule has 0 aliphatic carbocycles. The van der Waals surface area contributed by atoms with Crippen molar-refractivity contribution >= 4 is 5.97 Å². The average molecular weight is 284 g/mol. The van der Waals surface area contributed by atoms with Gasteiger partial charge in [0.15, 0.2) is 0 Å². The fraction of sp³-hybridized carbons (Fsp3) is 0.278. The molecule has 0 radical (unpaired) electrons. The molecular formula is C18H20O3. The average Bonchev–Trinajstić information content (AvgIpc) is 2.53. The Morgan fingerprint density at radius 2 is 1.62 bits per heavy atom. The fourth-order valence-electron chi connectivity index (χ4n) is 2.06. The Labute approximate surface area is 125 Å². The van der Waals surface area contributed by atoms with E-state index in [1.165, 1.54) is 0 Å². The number of hydrogen-bond acceptors (Lipinski definition) is 3. The van der Waals surface area contributed by atoms with Crippen molar-refractivity contribution in [2.75, 3.05) is 0 Å². The molecule has 3 nitrogen and oxygen atoms in total.